The van der Waals surface area contributed by atoms with E-state index in [0.29, 0.717) is 24.2 Å². The first-order valence-corrected chi connectivity index (χ1v) is 7.70. The van der Waals surface area contributed by atoms with Crippen LogP contribution < -0.4 is 4.74 Å². The number of carbonyl (C=O) groups is 1. The fourth-order valence-electron chi connectivity index (χ4n) is 2.38. The maximum atomic E-state index is 12.4. The molecule has 2 heterocycles. The first kappa shape index (κ1) is 17.2. The SMILES string of the molecule is O=C1OC=CCN1Cc1cncc(-c2ccc(Cl)c(OC(F)F)c2)c1. The maximum absolute atomic E-state index is 12.4. The van der Waals surface area contributed by atoms with Gasteiger partial charge in [0.15, 0.2) is 0 Å². The van der Waals surface area contributed by atoms with Crippen LogP contribution in [0.1, 0.15) is 5.56 Å². The average molecular weight is 367 g/mol. The lowest BCUT2D eigenvalue weighted by Crippen LogP contribution is -2.32. The standard InChI is InChI=1S/C17H13ClF2N2O3/c18-14-3-2-12(7-15(14)25-16(19)20)13-6-11(8-21-9-13)10-22-4-1-5-24-17(22)23/h1-3,5-9,16H,4,10H2. The van der Waals surface area contributed by atoms with Crippen LogP contribution >= 0.6 is 11.6 Å². The zero-order valence-corrected chi connectivity index (χ0v) is 13.6. The number of amides is 1. The van der Waals surface area contributed by atoms with Crippen molar-refractivity contribution in [3.63, 3.8) is 0 Å². The van der Waals surface area contributed by atoms with Gasteiger partial charge in [-0.25, -0.2) is 4.79 Å². The summed E-state index contributed by atoms with van der Waals surface area (Å²) < 4.78 is 34.1. The summed E-state index contributed by atoms with van der Waals surface area (Å²) in [6.45, 7) is -2.20. The Morgan fingerprint density at radius 3 is 2.88 bits per heavy atom. The summed E-state index contributed by atoms with van der Waals surface area (Å²) in [6, 6.07) is 6.40. The molecule has 8 heteroatoms. The third-order valence-electron chi connectivity index (χ3n) is 3.50. The van der Waals surface area contributed by atoms with Gasteiger partial charge < -0.3 is 9.47 Å². The number of hydrogen-bond acceptors (Lipinski definition) is 4. The molecule has 1 aliphatic rings. The van der Waals surface area contributed by atoms with Gasteiger partial charge in [-0.1, -0.05) is 17.7 Å². The van der Waals surface area contributed by atoms with E-state index >= 15 is 0 Å². The molecular weight excluding hydrogens is 354 g/mol. The van der Waals surface area contributed by atoms with Crippen LogP contribution in [-0.2, 0) is 11.3 Å². The van der Waals surface area contributed by atoms with Crippen molar-refractivity contribution in [2.75, 3.05) is 6.54 Å². The molecule has 2 aromatic rings. The summed E-state index contributed by atoms with van der Waals surface area (Å²) >= 11 is 5.87. The van der Waals surface area contributed by atoms with Crippen LogP contribution in [0, 0.1) is 0 Å². The largest absolute Gasteiger partial charge is 0.433 e. The highest BCUT2D eigenvalue weighted by Gasteiger charge is 2.17. The molecule has 0 saturated heterocycles. The van der Waals surface area contributed by atoms with Gasteiger partial charge in [0.05, 0.1) is 17.8 Å². The van der Waals surface area contributed by atoms with E-state index in [0.717, 1.165) is 5.56 Å². The van der Waals surface area contributed by atoms with E-state index in [1.165, 1.54) is 23.3 Å². The fourth-order valence-corrected chi connectivity index (χ4v) is 2.54. The van der Waals surface area contributed by atoms with Gasteiger partial charge in [-0.3, -0.25) is 9.88 Å². The molecule has 0 bridgehead atoms. The van der Waals surface area contributed by atoms with E-state index < -0.39 is 12.7 Å². The number of rotatable bonds is 5. The normalized spacial score (nSPS) is 13.9. The Morgan fingerprint density at radius 2 is 2.12 bits per heavy atom. The van der Waals surface area contributed by atoms with Crippen LogP contribution in [-0.4, -0.2) is 29.1 Å². The topological polar surface area (TPSA) is 51.7 Å². The molecule has 0 fully saturated rings. The van der Waals surface area contributed by atoms with Gasteiger partial charge in [0, 0.05) is 24.5 Å². The number of hydrogen-bond donors (Lipinski definition) is 0. The van der Waals surface area contributed by atoms with Crippen molar-refractivity contribution < 1.29 is 23.0 Å². The molecule has 1 aromatic carbocycles. The molecule has 0 saturated carbocycles. The number of carbonyl (C=O) groups excluding carboxylic acids is 1. The van der Waals surface area contributed by atoms with Gasteiger partial charge in [-0.05, 0) is 35.4 Å². The lowest BCUT2D eigenvalue weighted by molar-refractivity contribution is -0.0497. The number of halogens is 3. The molecule has 130 valence electrons. The van der Waals surface area contributed by atoms with E-state index in [2.05, 4.69) is 9.72 Å². The molecular formula is C17H13ClF2N2O3. The third kappa shape index (κ3) is 4.24. The fraction of sp³-hybridized carbons (Fsp3) is 0.176. The van der Waals surface area contributed by atoms with E-state index in [1.807, 2.05) is 6.07 Å². The smallest absolute Gasteiger partial charge is 0.415 e. The van der Waals surface area contributed by atoms with E-state index in [1.54, 1.807) is 24.5 Å². The van der Waals surface area contributed by atoms with Crippen molar-refractivity contribution in [3.05, 3.63) is 59.6 Å². The molecule has 0 aliphatic carbocycles. The Hall–Kier alpha value is -2.67. The van der Waals surface area contributed by atoms with E-state index in [-0.39, 0.29) is 10.8 Å². The number of benzene rings is 1. The molecule has 3 rings (SSSR count). The Kier molecular flexibility index (Phi) is 5.14. The van der Waals surface area contributed by atoms with Crippen molar-refractivity contribution >= 4 is 17.7 Å². The number of cyclic esters (lactones) is 1. The minimum Gasteiger partial charge on any atom is -0.433 e. The van der Waals surface area contributed by atoms with Crippen LogP contribution in [0.25, 0.3) is 11.1 Å². The predicted octanol–water partition coefficient (Wildman–Crippen LogP) is 4.47. The molecule has 0 atom stereocenters. The van der Waals surface area contributed by atoms with Crippen LogP contribution in [0.15, 0.2) is 49.0 Å². The highest BCUT2D eigenvalue weighted by Crippen LogP contribution is 2.31. The second kappa shape index (κ2) is 7.48. The minimum atomic E-state index is -2.96. The molecule has 25 heavy (non-hydrogen) atoms. The number of nitrogens with zero attached hydrogens (tertiary/aromatic N) is 2. The number of ether oxygens (including phenoxy) is 2. The van der Waals surface area contributed by atoms with E-state index in [4.69, 9.17) is 16.3 Å². The summed E-state index contributed by atoms with van der Waals surface area (Å²) in [5.41, 5.74) is 2.08. The highest BCUT2D eigenvalue weighted by molar-refractivity contribution is 6.32. The van der Waals surface area contributed by atoms with Gasteiger partial charge in [0.1, 0.15) is 5.75 Å². The monoisotopic (exact) mass is 366 g/mol. The molecule has 1 aliphatic heterocycles. The summed E-state index contributed by atoms with van der Waals surface area (Å²) in [4.78, 5) is 17.3. The number of pyridine rings is 1. The summed E-state index contributed by atoms with van der Waals surface area (Å²) in [5.74, 6) is -0.107. The molecule has 0 N–H and O–H groups in total. The number of alkyl halides is 2. The van der Waals surface area contributed by atoms with Gasteiger partial charge in [0.25, 0.3) is 0 Å². The molecule has 0 unspecified atom stereocenters. The van der Waals surface area contributed by atoms with Crippen molar-refractivity contribution in [1.29, 1.82) is 0 Å². The third-order valence-corrected chi connectivity index (χ3v) is 3.81. The zero-order chi connectivity index (χ0) is 17.8. The highest BCUT2D eigenvalue weighted by atomic mass is 35.5. The molecule has 1 amide bonds. The van der Waals surface area contributed by atoms with Crippen LogP contribution in [0.3, 0.4) is 0 Å². The predicted molar refractivity (Wildman–Crippen MR) is 87.3 cm³/mol. The van der Waals surface area contributed by atoms with E-state index in [9.17, 15) is 13.6 Å². The first-order valence-electron chi connectivity index (χ1n) is 7.32. The van der Waals surface area contributed by atoms with Crippen LogP contribution in [0.4, 0.5) is 13.6 Å². The van der Waals surface area contributed by atoms with Gasteiger partial charge in [-0.2, -0.15) is 8.78 Å². The van der Waals surface area contributed by atoms with Crippen molar-refractivity contribution in [2.24, 2.45) is 0 Å². The number of aromatic nitrogens is 1. The van der Waals surface area contributed by atoms with Crippen LogP contribution in [0.2, 0.25) is 5.02 Å². The van der Waals surface area contributed by atoms with Crippen molar-refractivity contribution in [2.45, 2.75) is 13.2 Å². The average Bonchev–Trinajstić information content (AvgIpc) is 2.59. The van der Waals surface area contributed by atoms with Crippen molar-refractivity contribution in [3.8, 4) is 16.9 Å². The lowest BCUT2D eigenvalue weighted by Gasteiger charge is -2.22. The second-order valence-corrected chi connectivity index (χ2v) is 5.65. The maximum Gasteiger partial charge on any atom is 0.415 e. The Balaban J connectivity index is 1.84. The lowest BCUT2D eigenvalue weighted by atomic mass is 10.1. The molecule has 0 radical (unpaired) electrons. The summed E-state index contributed by atoms with van der Waals surface area (Å²) in [6.07, 6.45) is 5.86. The van der Waals surface area contributed by atoms with Gasteiger partial charge in [-0.15, -0.1) is 0 Å². The quantitative estimate of drug-likeness (QED) is 0.783. The summed E-state index contributed by atoms with van der Waals surface area (Å²) in [7, 11) is 0. The minimum absolute atomic E-state index is 0.0935. The Bertz CT molecular complexity index is 814. The van der Waals surface area contributed by atoms with Gasteiger partial charge in [0.2, 0.25) is 0 Å². The molecule has 5 nitrogen and oxygen atoms in total. The van der Waals surface area contributed by atoms with Gasteiger partial charge >= 0.3 is 12.7 Å². The van der Waals surface area contributed by atoms with Crippen LogP contribution in [0.5, 0.6) is 5.75 Å². The zero-order valence-electron chi connectivity index (χ0n) is 12.9. The molecule has 0 spiro atoms. The second-order valence-electron chi connectivity index (χ2n) is 5.24. The Labute approximate surface area is 147 Å². The van der Waals surface area contributed by atoms with Crippen molar-refractivity contribution in [1.82, 2.24) is 9.88 Å². The first-order chi connectivity index (χ1) is 12.0. The molecule has 1 aromatic heterocycles. The Morgan fingerprint density at radius 1 is 1.28 bits per heavy atom. The summed E-state index contributed by atoms with van der Waals surface area (Å²) in [5, 5.41) is 0.0935.